The monoisotopic (exact) mass is 193 g/mol. The Balaban J connectivity index is 2.72. The van der Waals surface area contributed by atoms with E-state index in [9.17, 15) is 4.79 Å². The lowest BCUT2D eigenvalue weighted by Gasteiger charge is -2.13. The molecule has 0 aromatic carbocycles. The lowest BCUT2D eigenvalue weighted by atomic mass is 10.4. The van der Waals surface area contributed by atoms with E-state index in [0.717, 1.165) is 11.4 Å². The van der Waals surface area contributed by atoms with Crippen LogP contribution in [0.25, 0.3) is 0 Å². The van der Waals surface area contributed by atoms with Crippen LogP contribution >= 0.6 is 0 Å². The van der Waals surface area contributed by atoms with Crippen LogP contribution in [-0.2, 0) is 0 Å². The Morgan fingerprint density at radius 1 is 1.71 bits per heavy atom. The Hall–Kier alpha value is -1.58. The van der Waals surface area contributed by atoms with Gasteiger partial charge in [0.15, 0.2) is 0 Å². The molecule has 0 spiro atoms. The summed E-state index contributed by atoms with van der Waals surface area (Å²) in [5, 5.41) is 2.73. The summed E-state index contributed by atoms with van der Waals surface area (Å²) < 4.78 is 0. The fourth-order valence-corrected chi connectivity index (χ4v) is 1.19. The minimum atomic E-state index is -0.0636. The Bertz CT molecular complexity index is 304. The third-order valence-corrected chi connectivity index (χ3v) is 1.88. The van der Waals surface area contributed by atoms with Crippen LogP contribution in [-0.4, -0.2) is 30.2 Å². The molecule has 4 nitrogen and oxygen atoms in total. The van der Waals surface area contributed by atoms with Crippen LogP contribution in [0.4, 0.5) is 4.79 Å². The van der Waals surface area contributed by atoms with Crippen LogP contribution in [0.5, 0.6) is 0 Å². The van der Waals surface area contributed by atoms with Gasteiger partial charge in [-0.05, 0) is 13.8 Å². The minimum Gasteiger partial charge on any atom is -0.336 e. The van der Waals surface area contributed by atoms with E-state index in [1.807, 2.05) is 19.9 Å². The van der Waals surface area contributed by atoms with Gasteiger partial charge in [0.05, 0.1) is 11.9 Å². The van der Waals surface area contributed by atoms with Gasteiger partial charge in [-0.2, -0.15) is 0 Å². The van der Waals surface area contributed by atoms with Crippen LogP contribution in [0.1, 0.15) is 13.8 Å². The van der Waals surface area contributed by atoms with Crippen molar-refractivity contribution in [3.63, 3.8) is 0 Å². The van der Waals surface area contributed by atoms with E-state index in [1.165, 1.54) is 0 Å². The van der Waals surface area contributed by atoms with E-state index < -0.39 is 0 Å². The molecule has 1 fully saturated rings. The normalized spacial score (nSPS) is 17.7. The molecule has 2 amide bonds. The molecule has 1 aliphatic heterocycles. The summed E-state index contributed by atoms with van der Waals surface area (Å²) in [6.45, 7) is 8.74. The maximum absolute atomic E-state index is 11.3. The number of nitrogens with one attached hydrogen (secondary N) is 1. The van der Waals surface area contributed by atoms with Crippen LogP contribution in [0.2, 0.25) is 0 Å². The first-order valence-electron chi connectivity index (χ1n) is 4.56. The second kappa shape index (κ2) is 4.60. The fraction of sp³-hybridized carbons (Fsp3) is 0.400. The summed E-state index contributed by atoms with van der Waals surface area (Å²) in [5.41, 5.74) is 1.53. The SMILES string of the molecule is C=C(C)/N=C\C(=C/C)N1CCNC1=O. The number of urea groups is 1. The molecule has 0 bridgehead atoms. The Morgan fingerprint density at radius 2 is 2.43 bits per heavy atom. The highest BCUT2D eigenvalue weighted by atomic mass is 16.2. The predicted octanol–water partition coefficient (Wildman–Crippen LogP) is 1.52. The summed E-state index contributed by atoms with van der Waals surface area (Å²) in [5.74, 6) is 0. The van der Waals surface area contributed by atoms with E-state index >= 15 is 0 Å². The number of aliphatic imine (C=N–C) groups is 1. The van der Waals surface area contributed by atoms with Crippen molar-refractivity contribution in [2.24, 2.45) is 4.99 Å². The smallest absolute Gasteiger partial charge is 0.322 e. The van der Waals surface area contributed by atoms with E-state index in [-0.39, 0.29) is 6.03 Å². The first kappa shape index (κ1) is 10.5. The molecular weight excluding hydrogens is 178 g/mol. The summed E-state index contributed by atoms with van der Waals surface area (Å²) in [6, 6.07) is -0.0636. The van der Waals surface area contributed by atoms with Gasteiger partial charge in [-0.1, -0.05) is 12.7 Å². The zero-order valence-electron chi connectivity index (χ0n) is 8.58. The number of nitrogens with zero attached hydrogens (tertiary/aromatic N) is 2. The molecule has 1 heterocycles. The highest BCUT2D eigenvalue weighted by Gasteiger charge is 2.21. The first-order chi connectivity index (χ1) is 6.65. The average Bonchev–Trinajstić information content (AvgIpc) is 2.53. The average molecular weight is 193 g/mol. The van der Waals surface area contributed by atoms with Crippen LogP contribution in [0, 0.1) is 0 Å². The third-order valence-electron chi connectivity index (χ3n) is 1.88. The van der Waals surface area contributed by atoms with Crippen molar-refractivity contribution in [2.45, 2.75) is 13.8 Å². The van der Waals surface area contributed by atoms with Gasteiger partial charge in [0, 0.05) is 18.8 Å². The van der Waals surface area contributed by atoms with Gasteiger partial charge in [-0.3, -0.25) is 9.89 Å². The number of hydrogen-bond donors (Lipinski definition) is 1. The molecule has 0 aromatic heterocycles. The topological polar surface area (TPSA) is 44.7 Å². The second-order valence-corrected chi connectivity index (χ2v) is 3.09. The number of allylic oxidation sites excluding steroid dienone is 3. The fourth-order valence-electron chi connectivity index (χ4n) is 1.19. The summed E-state index contributed by atoms with van der Waals surface area (Å²) in [4.78, 5) is 17.0. The molecule has 0 atom stereocenters. The van der Waals surface area contributed by atoms with Gasteiger partial charge in [-0.25, -0.2) is 4.79 Å². The van der Waals surface area contributed by atoms with Gasteiger partial charge >= 0.3 is 6.03 Å². The quantitative estimate of drug-likeness (QED) is 0.678. The van der Waals surface area contributed by atoms with Gasteiger partial charge in [0.1, 0.15) is 0 Å². The molecule has 4 heteroatoms. The number of rotatable bonds is 3. The van der Waals surface area contributed by atoms with E-state index in [4.69, 9.17) is 0 Å². The number of carbonyl (C=O) groups excluding carboxylic acids is 1. The molecule has 14 heavy (non-hydrogen) atoms. The van der Waals surface area contributed by atoms with Crippen LogP contribution in [0.3, 0.4) is 0 Å². The lowest BCUT2D eigenvalue weighted by Crippen LogP contribution is -2.28. The lowest BCUT2D eigenvalue weighted by molar-refractivity contribution is 0.229. The van der Waals surface area contributed by atoms with Gasteiger partial charge < -0.3 is 5.32 Å². The summed E-state index contributed by atoms with van der Waals surface area (Å²) in [7, 11) is 0. The van der Waals surface area contributed by atoms with Crippen molar-refractivity contribution >= 4 is 12.2 Å². The largest absolute Gasteiger partial charge is 0.336 e. The van der Waals surface area contributed by atoms with Crippen LogP contribution < -0.4 is 5.32 Å². The van der Waals surface area contributed by atoms with Gasteiger partial charge in [-0.15, -0.1) is 0 Å². The Labute approximate surface area is 84.0 Å². The molecular formula is C10H15N3O. The minimum absolute atomic E-state index is 0.0636. The van der Waals surface area contributed by atoms with Crippen molar-refractivity contribution in [3.8, 4) is 0 Å². The molecule has 76 valence electrons. The molecule has 1 aliphatic rings. The second-order valence-electron chi connectivity index (χ2n) is 3.09. The Morgan fingerprint density at radius 3 is 2.86 bits per heavy atom. The predicted molar refractivity (Wildman–Crippen MR) is 57.2 cm³/mol. The maximum Gasteiger partial charge on any atom is 0.322 e. The number of amides is 2. The highest BCUT2D eigenvalue weighted by molar-refractivity contribution is 5.88. The summed E-state index contributed by atoms with van der Waals surface area (Å²) >= 11 is 0. The zero-order valence-corrected chi connectivity index (χ0v) is 8.58. The molecule has 0 aromatic rings. The standard InChI is InChI=1S/C10H15N3O/c1-4-9(7-12-8(2)3)13-6-5-11-10(13)14/h4,7H,2,5-6H2,1,3H3,(H,11,14)/b9-4+,12-7-. The van der Waals surface area contributed by atoms with Gasteiger partial charge in [0.25, 0.3) is 0 Å². The highest BCUT2D eigenvalue weighted by Crippen LogP contribution is 2.06. The Kier molecular flexibility index (Phi) is 3.45. The van der Waals surface area contributed by atoms with Crippen molar-refractivity contribution in [3.05, 3.63) is 24.0 Å². The molecule has 0 saturated carbocycles. The molecule has 0 radical (unpaired) electrons. The van der Waals surface area contributed by atoms with Crippen LogP contribution in [0.15, 0.2) is 29.0 Å². The molecule has 0 aliphatic carbocycles. The maximum atomic E-state index is 11.3. The molecule has 1 N–H and O–H groups in total. The van der Waals surface area contributed by atoms with Crippen molar-refractivity contribution in [1.82, 2.24) is 10.2 Å². The third kappa shape index (κ3) is 2.45. The summed E-state index contributed by atoms with van der Waals surface area (Å²) in [6.07, 6.45) is 3.52. The van der Waals surface area contributed by atoms with E-state index in [1.54, 1.807) is 11.1 Å². The van der Waals surface area contributed by atoms with E-state index in [2.05, 4.69) is 16.9 Å². The molecule has 0 unspecified atom stereocenters. The van der Waals surface area contributed by atoms with Gasteiger partial charge in [0.2, 0.25) is 0 Å². The van der Waals surface area contributed by atoms with Crippen molar-refractivity contribution in [2.75, 3.05) is 13.1 Å². The first-order valence-corrected chi connectivity index (χ1v) is 4.56. The molecule has 1 saturated heterocycles. The van der Waals surface area contributed by atoms with Crippen molar-refractivity contribution in [1.29, 1.82) is 0 Å². The number of carbonyl (C=O) groups is 1. The molecule has 1 rings (SSSR count). The van der Waals surface area contributed by atoms with E-state index in [0.29, 0.717) is 13.1 Å². The zero-order chi connectivity index (χ0) is 10.6. The van der Waals surface area contributed by atoms with Crippen molar-refractivity contribution < 1.29 is 4.79 Å². The number of hydrogen-bond acceptors (Lipinski definition) is 2.